The highest BCUT2D eigenvalue weighted by atomic mass is 32.2. The molecule has 1 aromatic heterocycles. The summed E-state index contributed by atoms with van der Waals surface area (Å²) >= 11 is 0. The second kappa shape index (κ2) is 10.3. The van der Waals surface area contributed by atoms with Crippen molar-refractivity contribution in [1.82, 2.24) is 19.2 Å². The number of carboxylic acids is 1. The van der Waals surface area contributed by atoms with Crippen LogP contribution >= 0.6 is 0 Å². The third kappa shape index (κ3) is 5.31. The van der Waals surface area contributed by atoms with Crippen molar-refractivity contribution in [2.45, 2.75) is 42.9 Å². The molecule has 3 heterocycles. The van der Waals surface area contributed by atoms with Crippen molar-refractivity contribution in [2.24, 2.45) is 0 Å². The van der Waals surface area contributed by atoms with Gasteiger partial charge in [-0.3, -0.25) is 0 Å². The van der Waals surface area contributed by atoms with E-state index in [4.69, 9.17) is 9.90 Å². The van der Waals surface area contributed by atoms with Crippen LogP contribution in [0.5, 0.6) is 0 Å². The molecule has 0 saturated carbocycles. The summed E-state index contributed by atoms with van der Waals surface area (Å²) in [5.74, 6) is -14.5. The maximum atomic E-state index is 14.0. The van der Waals surface area contributed by atoms with Gasteiger partial charge in [-0.15, -0.1) is 0 Å². The lowest BCUT2D eigenvalue weighted by Crippen LogP contribution is -2.38. The molecule has 1 aromatic carbocycles. The Morgan fingerprint density at radius 2 is 1.61 bits per heavy atom. The standard InChI is InChI=1S/C17H17F5N4O2S.C2HF3O2/c18-12-13(19)15(21)17(16(22)14(12)20)29(27,28)25-5-3-11-10(7-25)24-8-26(11)9-2-1-4-23-6-9;3-2(4,5)1(6)7/h8-9,23H,1-7H2;(H,6,7). The number of carboxylic acid groups (broad SMARTS) is 1. The zero-order valence-corrected chi connectivity index (χ0v) is 18.9. The van der Waals surface area contributed by atoms with Crippen LogP contribution in [-0.2, 0) is 27.8 Å². The van der Waals surface area contributed by atoms with Crippen molar-refractivity contribution in [3.8, 4) is 0 Å². The Bertz CT molecular complexity index is 1230. The fourth-order valence-electron chi connectivity index (χ4n) is 3.84. The van der Waals surface area contributed by atoms with Crippen LogP contribution < -0.4 is 5.32 Å². The number of rotatable bonds is 3. The van der Waals surface area contributed by atoms with Gasteiger partial charge in [-0.1, -0.05) is 0 Å². The van der Waals surface area contributed by atoms with Crippen LogP contribution in [0, 0.1) is 29.1 Å². The normalized spacial score (nSPS) is 18.8. The van der Waals surface area contributed by atoms with E-state index < -0.39 is 56.2 Å². The Morgan fingerprint density at radius 3 is 2.11 bits per heavy atom. The summed E-state index contributed by atoms with van der Waals surface area (Å²) in [6.45, 7) is 1.18. The summed E-state index contributed by atoms with van der Waals surface area (Å²) in [6, 6.07) is 0.165. The number of nitrogens with one attached hydrogen (secondary N) is 1. The van der Waals surface area contributed by atoms with Gasteiger partial charge in [-0.2, -0.15) is 17.5 Å². The highest BCUT2D eigenvalue weighted by molar-refractivity contribution is 7.89. The number of piperidine rings is 1. The SMILES string of the molecule is O=C(O)C(F)(F)F.O=S(=O)(c1c(F)c(F)c(F)c(F)c1F)N1CCc2c(ncn2C2CCCNC2)C1. The van der Waals surface area contributed by atoms with Crippen LogP contribution in [0.3, 0.4) is 0 Å². The summed E-state index contributed by atoms with van der Waals surface area (Å²) in [6.07, 6.45) is -1.36. The number of benzene rings is 1. The average Bonchev–Trinajstić information content (AvgIpc) is 3.25. The van der Waals surface area contributed by atoms with Gasteiger partial charge >= 0.3 is 12.1 Å². The quantitative estimate of drug-likeness (QED) is 0.346. The largest absolute Gasteiger partial charge is 0.490 e. The Morgan fingerprint density at radius 1 is 1.06 bits per heavy atom. The molecule has 0 spiro atoms. The number of carbonyl (C=O) groups is 1. The number of sulfonamides is 1. The van der Waals surface area contributed by atoms with E-state index in [9.17, 15) is 43.5 Å². The van der Waals surface area contributed by atoms with Gasteiger partial charge < -0.3 is 15.0 Å². The van der Waals surface area contributed by atoms with Crippen LogP contribution in [0.25, 0.3) is 0 Å². The van der Waals surface area contributed by atoms with Gasteiger partial charge in [-0.25, -0.2) is 40.1 Å². The molecule has 1 unspecified atom stereocenters. The van der Waals surface area contributed by atoms with Crippen molar-refractivity contribution in [2.75, 3.05) is 19.6 Å². The first kappa shape index (κ1) is 27.8. The first-order valence-electron chi connectivity index (χ1n) is 10.2. The number of hydrogen-bond donors (Lipinski definition) is 2. The van der Waals surface area contributed by atoms with Crippen molar-refractivity contribution in [3.05, 3.63) is 46.8 Å². The van der Waals surface area contributed by atoms with Crippen molar-refractivity contribution < 1.29 is 53.4 Å². The molecular weight excluding hydrogens is 532 g/mol. The number of nitrogens with zero attached hydrogens (tertiary/aromatic N) is 3. The van der Waals surface area contributed by atoms with E-state index in [0.29, 0.717) is 10.00 Å². The summed E-state index contributed by atoms with van der Waals surface area (Å²) < 4.78 is 128. The molecule has 2 aliphatic heterocycles. The second-order valence-corrected chi connectivity index (χ2v) is 9.71. The summed E-state index contributed by atoms with van der Waals surface area (Å²) in [7, 11) is -4.97. The Labute approximate surface area is 198 Å². The van der Waals surface area contributed by atoms with E-state index >= 15 is 0 Å². The van der Waals surface area contributed by atoms with Gasteiger partial charge in [0.15, 0.2) is 28.2 Å². The number of alkyl halides is 3. The maximum Gasteiger partial charge on any atom is 0.490 e. The number of fused-ring (bicyclic) bond motifs is 1. The Hall–Kier alpha value is -2.79. The third-order valence-corrected chi connectivity index (χ3v) is 7.45. The number of imidazole rings is 1. The van der Waals surface area contributed by atoms with Gasteiger partial charge in [0.05, 0.1) is 18.6 Å². The monoisotopic (exact) mass is 550 g/mol. The van der Waals surface area contributed by atoms with Crippen LogP contribution in [0.4, 0.5) is 35.1 Å². The van der Waals surface area contributed by atoms with Crippen molar-refractivity contribution in [1.29, 1.82) is 0 Å². The molecule has 0 radical (unpaired) electrons. The topological polar surface area (TPSA) is 105 Å². The minimum absolute atomic E-state index is 0.165. The van der Waals surface area contributed by atoms with Gasteiger partial charge in [0.25, 0.3) is 0 Å². The molecule has 200 valence electrons. The predicted molar refractivity (Wildman–Crippen MR) is 105 cm³/mol. The number of aliphatic carboxylic acids is 1. The smallest absolute Gasteiger partial charge is 0.475 e. The molecule has 1 saturated heterocycles. The molecule has 2 aliphatic rings. The van der Waals surface area contributed by atoms with E-state index in [2.05, 4.69) is 10.3 Å². The molecule has 0 amide bonds. The van der Waals surface area contributed by atoms with Crippen molar-refractivity contribution >= 4 is 16.0 Å². The zero-order chi connectivity index (χ0) is 27.0. The van der Waals surface area contributed by atoms with E-state index in [-0.39, 0.29) is 25.6 Å². The molecule has 0 aliphatic carbocycles. The molecule has 0 bridgehead atoms. The molecule has 17 heteroatoms. The first-order valence-corrected chi connectivity index (χ1v) is 11.7. The maximum absolute atomic E-state index is 14.0. The molecule has 2 N–H and O–H groups in total. The molecule has 1 fully saturated rings. The Kier molecular flexibility index (Phi) is 7.95. The summed E-state index contributed by atoms with van der Waals surface area (Å²) in [4.78, 5) is 11.3. The van der Waals surface area contributed by atoms with Gasteiger partial charge in [0, 0.05) is 31.2 Å². The molecule has 4 rings (SSSR count). The van der Waals surface area contributed by atoms with Crippen LogP contribution in [0.1, 0.15) is 30.3 Å². The summed E-state index contributed by atoms with van der Waals surface area (Å²) in [5, 5.41) is 10.4. The average molecular weight is 550 g/mol. The fourth-order valence-corrected chi connectivity index (χ4v) is 5.35. The molecular formula is C19H18F8N4O4S. The van der Waals surface area contributed by atoms with Crippen LogP contribution in [-0.4, -0.2) is 59.2 Å². The lowest BCUT2D eigenvalue weighted by atomic mass is 10.1. The van der Waals surface area contributed by atoms with Gasteiger partial charge in [0.2, 0.25) is 15.8 Å². The summed E-state index contributed by atoms with van der Waals surface area (Å²) in [5.41, 5.74) is 1.21. The minimum Gasteiger partial charge on any atom is -0.475 e. The molecule has 8 nitrogen and oxygen atoms in total. The lowest BCUT2D eigenvalue weighted by Gasteiger charge is -2.30. The highest BCUT2D eigenvalue weighted by Gasteiger charge is 2.40. The van der Waals surface area contributed by atoms with Crippen molar-refractivity contribution in [3.63, 3.8) is 0 Å². The number of hydrogen-bond acceptors (Lipinski definition) is 5. The lowest BCUT2D eigenvalue weighted by molar-refractivity contribution is -0.192. The van der Waals surface area contributed by atoms with E-state index in [0.717, 1.165) is 31.6 Å². The predicted octanol–water partition coefficient (Wildman–Crippen LogP) is 2.88. The van der Waals surface area contributed by atoms with Crippen LogP contribution in [0.2, 0.25) is 0 Å². The number of halogens is 8. The molecule has 36 heavy (non-hydrogen) atoms. The molecule has 1 atom stereocenters. The van der Waals surface area contributed by atoms with Crippen LogP contribution in [0.15, 0.2) is 11.2 Å². The minimum atomic E-state index is -5.08. The highest BCUT2D eigenvalue weighted by Crippen LogP contribution is 2.32. The molecule has 2 aromatic rings. The first-order chi connectivity index (χ1) is 16.7. The Balaban J connectivity index is 0.000000454. The third-order valence-electron chi connectivity index (χ3n) is 5.58. The second-order valence-electron chi connectivity index (χ2n) is 7.84. The van der Waals surface area contributed by atoms with Gasteiger partial charge in [0.1, 0.15) is 0 Å². The van der Waals surface area contributed by atoms with Gasteiger partial charge in [-0.05, 0) is 19.4 Å². The van der Waals surface area contributed by atoms with E-state index in [1.807, 2.05) is 4.57 Å². The number of aromatic nitrogens is 2. The zero-order valence-electron chi connectivity index (χ0n) is 18.1. The van der Waals surface area contributed by atoms with E-state index in [1.54, 1.807) is 6.33 Å². The van der Waals surface area contributed by atoms with E-state index in [1.165, 1.54) is 0 Å². The fraction of sp³-hybridized carbons (Fsp3) is 0.474.